The van der Waals surface area contributed by atoms with E-state index in [2.05, 4.69) is 9.71 Å². The molecule has 0 radical (unpaired) electrons. The van der Waals surface area contributed by atoms with Crippen molar-refractivity contribution < 1.29 is 16.8 Å². The highest BCUT2D eigenvalue weighted by Gasteiger charge is 2.27. The van der Waals surface area contributed by atoms with Crippen LogP contribution in [-0.4, -0.2) is 33.6 Å². The summed E-state index contributed by atoms with van der Waals surface area (Å²) in [5.41, 5.74) is 5.47. The Balaban J connectivity index is 2.25. The maximum absolute atomic E-state index is 12.0. The van der Waals surface area contributed by atoms with E-state index in [1.807, 2.05) is 0 Å². The summed E-state index contributed by atoms with van der Waals surface area (Å²) in [5.74, 6) is -0.415. The Labute approximate surface area is 105 Å². The van der Waals surface area contributed by atoms with E-state index in [1.165, 1.54) is 24.4 Å². The van der Waals surface area contributed by atoms with Crippen LogP contribution in [0.3, 0.4) is 0 Å². The van der Waals surface area contributed by atoms with Gasteiger partial charge in [-0.3, -0.25) is 0 Å². The number of aromatic nitrogens is 1. The van der Waals surface area contributed by atoms with Crippen molar-refractivity contribution in [3.05, 3.63) is 29.8 Å². The first-order valence-electron chi connectivity index (χ1n) is 4.94. The van der Waals surface area contributed by atoms with Gasteiger partial charge in [-0.05, 0) is 12.1 Å². The summed E-state index contributed by atoms with van der Waals surface area (Å²) >= 11 is 0. The molecule has 0 saturated carbocycles. The summed E-state index contributed by atoms with van der Waals surface area (Å²) in [6.45, 7) is 0. The fourth-order valence-corrected chi connectivity index (χ4v) is 4.16. The average Bonchev–Trinajstić information content (AvgIpc) is 2.57. The highest BCUT2D eigenvalue weighted by Crippen LogP contribution is 2.17. The lowest BCUT2D eigenvalue weighted by Crippen LogP contribution is -2.35. The molecule has 2 heterocycles. The SMILES string of the molecule is Nc1ncccc1S(=O)(=O)NC1C=CS(=O)(=O)C1. The van der Waals surface area contributed by atoms with Gasteiger partial charge in [0.1, 0.15) is 10.7 Å². The molecule has 98 valence electrons. The summed E-state index contributed by atoms with van der Waals surface area (Å²) in [4.78, 5) is 3.51. The van der Waals surface area contributed by atoms with Gasteiger partial charge in [0.2, 0.25) is 10.0 Å². The Morgan fingerprint density at radius 1 is 1.44 bits per heavy atom. The monoisotopic (exact) mass is 289 g/mol. The van der Waals surface area contributed by atoms with E-state index in [0.29, 0.717) is 0 Å². The highest BCUT2D eigenvalue weighted by atomic mass is 32.2. The van der Waals surface area contributed by atoms with Gasteiger partial charge in [0.15, 0.2) is 9.84 Å². The lowest BCUT2D eigenvalue weighted by Gasteiger charge is -2.11. The number of sulfone groups is 1. The van der Waals surface area contributed by atoms with Gasteiger partial charge in [0.25, 0.3) is 0 Å². The van der Waals surface area contributed by atoms with Crippen LogP contribution in [0.15, 0.2) is 34.7 Å². The van der Waals surface area contributed by atoms with Gasteiger partial charge in [-0.15, -0.1) is 0 Å². The van der Waals surface area contributed by atoms with Crippen LogP contribution in [0.2, 0.25) is 0 Å². The molecular formula is C9H11N3O4S2. The number of rotatable bonds is 3. The highest BCUT2D eigenvalue weighted by molar-refractivity contribution is 7.94. The van der Waals surface area contributed by atoms with Crippen molar-refractivity contribution in [3.8, 4) is 0 Å². The molecule has 9 heteroatoms. The lowest BCUT2D eigenvalue weighted by molar-refractivity contribution is 0.575. The van der Waals surface area contributed by atoms with E-state index in [0.717, 1.165) is 5.41 Å². The molecule has 0 bridgehead atoms. The standard InChI is InChI=1S/C9H11N3O4S2/c10-9-8(2-1-4-11-9)18(15,16)12-7-3-5-17(13,14)6-7/h1-5,7,12H,6H2,(H2,10,11). The minimum absolute atomic E-state index is 0.130. The minimum atomic E-state index is -3.88. The second-order valence-electron chi connectivity index (χ2n) is 3.77. The largest absolute Gasteiger partial charge is 0.383 e. The first kappa shape index (κ1) is 13.0. The van der Waals surface area contributed by atoms with Crippen LogP contribution in [0.5, 0.6) is 0 Å². The third kappa shape index (κ3) is 2.68. The third-order valence-electron chi connectivity index (χ3n) is 2.33. The smallest absolute Gasteiger partial charge is 0.244 e. The number of nitrogens with two attached hydrogens (primary N) is 1. The van der Waals surface area contributed by atoms with E-state index < -0.39 is 25.9 Å². The maximum Gasteiger partial charge on any atom is 0.244 e. The number of hydrogen-bond acceptors (Lipinski definition) is 6. The molecule has 3 N–H and O–H groups in total. The van der Waals surface area contributed by atoms with E-state index in [1.54, 1.807) is 0 Å². The van der Waals surface area contributed by atoms with Crippen molar-refractivity contribution in [2.75, 3.05) is 11.5 Å². The molecule has 2 rings (SSSR count). The van der Waals surface area contributed by atoms with Gasteiger partial charge in [-0.1, -0.05) is 6.08 Å². The summed E-state index contributed by atoms with van der Waals surface area (Å²) in [7, 11) is -7.19. The molecule has 1 aromatic heterocycles. The van der Waals surface area contributed by atoms with E-state index >= 15 is 0 Å². The molecule has 0 spiro atoms. The zero-order valence-corrected chi connectivity index (χ0v) is 10.8. The van der Waals surface area contributed by atoms with Gasteiger partial charge in [-0.2, -0.15) is 0 Å². The molecule has 0 amide bonds. The first-order chi connectivity index (χ1) is 8.30. The molecule has 7 nitrogen and oxygen atoms in total. The Hall–Kier alpha value is -1.45. The number of nitrogen functional groups attached to an aromatic ring is 1. The Bertz CT molecular complexity index is 694. The van der Waals surface area contributed by atoms with Crippen molar-refractivity contribution >= 4 is 25.7 Å². The zero-order chi connectivity index (χ0) is 13.4. The molecule has 1 atom stereocenters. The Kier molecular flexibility index (Phi) is 3.13. The molecule has 0 aliphatic carbocycles. The van der Waals surface area contributed by atoms with Crippen LogP contribution in [0, 0.1) is 0 Å². The van der Waals surface area contributed by atoms with Gasteiger partial charge in [0.05, 0.1) is 11.8 Å². The van der Waals surface area contributed by atoms with Crippen LogP contribution >= 0.6 is 0 Å². The molecule has 0 saturated heterocycles. The van der Waals surface area contributed by atoms with Gasteiger partial charge in [0, 0.05) is 11.6 Å². The summed E-state index contributed by atoms with van der Waals surface area (Å²) in [6.07, 6.45) is 2.66. The van der Waals surface area contributed by atoms with Gasteiger partial charge >= 0.3 is 0 Å². The first-order valence-corrected chi connectivity index (χ1v) is 8.14. The van der Waals surface area contributed by atoms with Crippen molar-refractivity contribution in [1.29, 1.82) is 0 Å². The fourth-order valence-electron chi connectivity index (χ4n) is 1.54. The number of sulfonamides is 1. The van der Waals surface area contributed by atoms with Gasteiger partial charge in [-0.25, -0.2) is 26.5 Å². The lowest BCUT2D eigenvalue weighted by atomic mass is 10.4. The molecule has 1 unspecified atom stereocenters. The van der Waals surface area contributed by atoms with Crippen LogP contribution in [-0.2, 0) is 19.9 Å². The number of pyridine rings is 1. The zero-order valence-electron chi connectivity index (χ0n) is 9.15. The third-order valence-corrected chi connectivity index (χ3v) is 5.26. The van der Waals surface area contributed by atoms with Crippen LogP contribution in [0.1, 0.15) is 0 Å². The van der Waals surface area contributed by atoms with Crippen molar-refractivity contribution in [2.24, 2.45) is 0 Å². The Morgan fingerprint density at radius 3 is 2.72 bits per heavy atom. The number of nitrogens with one attached hydrogen (secondary N) is 1. The minimum Gasteiger partial charge on any atom is -0.383 e. The van der Waals surface area contributed by atoms with E-state index in [4.69, 9.17) is 5.73 Å². The number of anilines is 1. The molecule has 18 heavy (non-hydrogen) atoms. The molecule has 1 aromatic rings. The van der Waals surface area contributed by atoms with Crippen molar-refractivity contribution in [3.63, 3.8) is 0 Å². The van der Waals surface area contributed by atoms with Crippen LogP contribution in [0.4, 0.5) is 5.82 Å². The summed E-state index contributed by atoms with van der Waals surface area (Å²) in [5, 5.41) is 0.993. The van der Waals surface area contributed by atoms with Crippen molar-refractivity contribution in [2.45, 2.75) is 10.9 Å². The molecule has 0 fully saturated rings. The average molecular weight is 289 g/mol. The van der Waals surface area contributed by atoms with E-state index in [9.17, 15) is 16.8 Å². The number of hydrogen-bond donors (Lipinski definition) is 2. The predicted molar refractivity (Wildman–Crippen MR) is 65.7 cm³/mol. The topological polar surface area (TPSA) is 119 Å². The fraction of sp³-hybridized carbons (Fsp3) is 0.222. The van der Waals surface area contributed by atoms with Crippen molar-refractivity contribution in [1.82, 2.24) is 9.71 Å². The molecule has 1 aliphatic rings. The molecular weight excluding hydrogens is 278 g/mol. The Morgan fingerprint density at radius 2 is 2.17 bits per heavy atom. The van der Waals surface area contributed by atoms with E-state index in [-0.39, 0.29) is 16.5 Å². The summed E-state index contributed by atoms with van der Waals surface area (Å²) in [6, 6.07) is 1.96. The summed E-state index contributed by atoms with van der Waals surface area (Å²) < 4.78 is 48.5. The maximum atomic E-state index is 12.0. The second kappa shape index (κ2) is 4.34. The van der Waals surface area contributed by atoms with Crippen LogP contribution < -0.4 is 10.5 Å². The van der Waals surface area contributed by atoms with Crippen LogP contribution in [0.25, 0.3) is 0 Å². The quantitative estimate of drug-likeness (QED) is 0.756. The molecule has 1 aliphatic heterocycles. The number of nitrogens with zero attached hydrogens (tertiary/aromatic N) is 1. The normalized spacial score (nSPS) is 22.1. The molecule has 0 aromatic carbocycles. The van der Waals surface area contributed by atoms with Gasteiger partial charge < -0.3 is 5.73 Å². The second-order valence-corrected chi connectivity index (χ2v) is 7.39. The predicted octanol–water partition coefficient (Wildman–Crippen LogP) is -0.747.